The number of hydrogen-bond donors (Lipinski definition) is 11. The van der Waals surface area contributed by atoms with Crippen molar-refractivity contribution in [2.45, 2.75) is 155 Å². The predicted octanol–water partition coefficient (Wildman–Crippen LogP) is 20.5. The highest BCUT2D eigenvalue weighted by Gasteiger charge is 2.41. The van der Waals surface area contributed by atoms with Crippen LogP contribution in [0.3, 0.4) is 0 Å². The minimum Gasteiger partial charge on any atom is -0.496 e. The van der Waals surface area contributed by atoms with Crippen molar-refractivity contribution in [2.24, 2.45) is 5.73 Å². The van der Waals surface area contributed by atoms with Crippen molar-refractivity contribution in [3.05, 3.63) is 358 Å². The fourth-order valence-electron chi connectivity index (χ4n) is 19.1. The second-order valence-corrected chi connectivity index (χ2v) is 41.0. The van der Waals surface area contributed by atoms with Crippen molar-refractivity contribution in [1.29, 1.82) is 0 Å². The summed E-state index contributed by atoms with van der Waals surface area (Å²) >= 11 is 0. The number of amides is 9. The summed E-state index contributed by atoms with van der Waals surface area (Å²) in [5.74, 6) is -7.75. The smallest absolute Gasteiger partial charge is 0.411 e. The molecule has 9 amide bonds. The number of carbonyl (C=O) groups excluding carboxylic acids is 9. The zero-order valence-corrected chi connectivity index (χ0v) is 84.4. The Morgan fingerprint density at radius 1 is 0.338 bits per heavy atom. The molecule has 15 aromatic rings. The molecule has 12 aromatic carbocycles. The number of sulfonamides is 3. The maximum atomic E-state index is 15.6. The van der Waals surface area contributed by atoms with E-state index in [2.05, 4.69) is 50.4 Å². The third-order valence-corrected chi connectivity index (χ3v) is 30.7. The first-order chi connectivity index (χ1) is 71.3. The number of nitrogens with two attached hydrogens (primary N) is 1. The third kappa shape index (κ3) is 23.7. The van der Waals surface area contributed by atoms with Crippen LogP contribution in [0.4, 0.5) is 48.5 Å². The van der Waals surface area contributed by atoms with Crippen molar-refractivity contribution in [1.82, 2.24) is 29.1 Å². The average Bonchev–Trinajstić information content (AvgIpc) is 1.52. The Labute approximate surface area is 855 Å². The number of carbonyl (C=O) groups is 9. The van der Waals surface area contributed by atoms with Crippen molar-refractivity contribution in [3.8, 4) is 17.2 Å². The van der Waals surface area contributed by atoms with Gasteiger partial charge in [0, 0.05) is 119 Å². The first kappa shape index (κ1) is 104. The van der Waals surface area contributed by atoms with E-state index in [1.807, 2.05) is 55.5 Å². The lowest BCUT2D eigenvalue weighted by atomic mass is 9.85. The summed E-state index contributed by atoms with van der Waals surface area (Å²) < 4.78 is 121. The number of primary amides is 1. The Morgan fingerprint density at radius 3 is 0.959 bits per heavy atom. The fourth-order valence-corrected chi connectivity index (χ4v) is 22.8. The number of fused-ring (bicyclic) bond motifs is 3. The number of nitrogens with one attached hydrogen (secondary N) is 10. The molecule has 0 saturated heterocycles. The standard InChI is InChI=1S/C43H40N4O7S.C38H38N4O7S.C31H32N4O7S/c1-28-14-9-12-23-38(28)55(51,52)46-41(48)33-21-13-22-37(53-2)39(33)40(42(49)47(30-15-5-3-6-16-30)31-17-7-4-8-18-31)35-27-44-36-25-24-29(26-34(35)36)45-43(50)54-32-19-10-11-20-32;1-23-11-4-8-16-30(23)41-37(44)35(29-22-39-31-20-19-25(21-28(29)31)40-38(45)49-26-13-6-7-14-26)34-27(15-10-17-32(34)48-3)36(43)42-50(46,47)33-18-9-5-12-24(33)2;1-18-8-3-6-13-26(18)43(39,40)35-30(37)21-11-7-12-25(41-2)27(21)28(29(32)36)23-17-33-24-15-14-19(16-22(23)24)34-31(38)42-20-9-4-5-10-20/h3-9,12-18,21-27,32,40,44H,10-11,19-20H2,1-2H3,(H,45,50)(H,46,48);4-5,8-12,15-22,26,35,39H,6-7,13-14H2,1-3H3,(H,40,45)(H,41,44)(H,42,43);3,6-8,11-17,20,28,33H,4-5,9-10H2,1-2H3,(H2,32,36)(H,34,38)(H,35,37). The van der Waals surface area contributed by atoms with Gasteiger partial charge in [0.1, 0.15) is 35.6 Å². The summed E-state index contributed by atoms with van der Waals surface area (Å²) in [6, 6.07) is 73.7. The molecule has 3 heterocycles. The molecule has 33 nitrogen and oxygen atoms in total. The fraction of sp³-hybridized carbons (Fsp3) is 0.223. The first-order valence-corrected chi connectivity index (χ1v) is 52.5. The van der Waals surface area contributed by atoms with Crippen LogP contribution < -0.4 is 60.3 Å². The van der Waals surface area contributed by atoms with Gasteiger partial charge in [-0.15, -0.1) is 0 Å². The van der Waals surface area contributed by atoms with Crippen molar-refractivity contribution >= 4 is 151 Å². The Kier molecular flexibility index (Phi) is 32.3. The van der Waals surface area contributed by atoms with E-state index in [4.69, 9.17) is 34.2 Å². The molecule has 3 aliphatic rings. The molecule has 18 rings (SSSR count). The van der Waals surface area contributed by atoms with Gasteiger partial charge in [-0.1, -0.05) is 127 Å². The molecule has 0 bridgehead atoms. The Morgan fingerprint density at radius 2 is 0.635 bits per heavy atom. The number of anilines is 6. The lowest BCUT2D eigenvalue weighted by molar-refractivity contribution is -0.119. The monoisotopic (exact) mass is 2050 g/mol. The summed E-state index contributed by atoms with van der Waals surface area (Å²) in [5, 5.41) is 13.1. The molecular weight excluding hydrogens is 1950 g/mol. The number of hydrogen-bond acceptors (Lipinski definition) is 21. The van der Waals surface area contributed by atoms with E-state index < -0.39 is 102 Å². The van der Waals surface area contributed by atoms with Gasteiger partial charge < -0.3 is 54.4 Å². The maximum absolute atomic E-state index is 15.6. The minimum absolute atomic E-state index is 0.0465. The Bertz CT molecular complexity index is 7870. The highest BCUT2D eigenvalue weighted by Crippen LogP contribution is 2.46. The van der Waals surface area contributed by atoms with Gasteiger partial charge in [0.15, 0.2) is 0 Å². The zero-order valence-electron chi connectivity index (χ0n) is 81.9. The van der Waals surface area contributed by atoms with Gasteiger partial charge in [-0.2, -0.15) is 0 Å². The largest absolute Gasteiger partial charge is 0.496 e. The van der Waals surface area contributed by atoms with E-state index in [0.717, 1.165) is 82.6 Å². The van der Waals surface area contributed by atoms with Crippen LogP contribution in [0.2, 0.25) is 0 Å². The van der Waals surface area contributed by atoms with Gasteiger partial charge in [0.25, 0.3) is 47.8 Å². The van der Waals surface area contributed by atoms with Gasteiger partial charge in [-0.3, -0.25) is 49.6 Å². The summed E-state index contributed by atoms with van der Waals surface area (Å²) in [6.45, 7) is 6.75. The molecular formula is C112H110N12O21S3. The van der Waals surface area contributed by atoms with Gasteiger partial charge >= 0.3 is 18.3 Å². The minimum atomic E-state index is -4.33. The predicted molar refractivity (Wildman–Crippen MR) is 563 cm³/mol. The van der Waals surface area contributed by atoms with Crippen LogP contribution in [0.15, 0.2) is 300 Å². The van der Waals surface area contributed by atoms with Crippen LogP contribution in [-0.2, 0) is 58.7 Å². The molecule has 3 unspecified atom stereocenters. The van der Waals surface area contributed by atoms with Crippen LogP contribution in [0, 0.1) is 27.7 Å². The molecule has 3 aromatic heterocycles. The number of H-pyrrole nitrogens is 3. The molecule has 3 atom stereocenters. The number of rotatable bonds is 30. The highest BCUT2D eigenvalue weighted by molar-refractivity contribution is 7.90. The second-order valence-electron chi connectivity index (χ2n) is 36.0. The number of aromatic nitrogens is 3. The van der Waals surface area contributed by atoms with E-state index in [-0.39, 0.29) is 83.6 Å². The van der Waals surface area contributed by atoms with Crippen molar-refractivity contribution in [2.75, 3.05) is 47.5 Å². The van der Waals surface area contributed by atoms with Gasteiger partial charge in [0.05, 0.1) is 53.8 Å². The van der Waals surface area contributed by atoms with Gasteiger partial charge in [-0.05, 0) is 283 Å². The average molecular weight is 2060 g/mol. The quantitative estimate of drug-likeness (QED) is 0.0186. The number of methoxy groups -OCH3 is 3. The van der Waals surface area contributed by atoms with Crippen molar-refractivity contribution in [3.63, 3.8) is 0 Å². The number of ether oxygens (including phenoxy) is 6. The zero-order chi connectivity index (χ0) is 105. The molecule has 0 aliphatic heterocycles. The molecule has 0 spiro atoms. The third-order valence-electron chi connectivity index (χ3n) is 26.3. The first-order valence-electron chi connectivity index (χ1n) is 48.0. The lowest BCUT2D eigenvalue weighted by Gasteiger charge is -2.29. The van der Waals surface area contributed by atoms with Crippen molar-refractivity contribution < 1.29 is 96.8 Å². The van der Waals surface area contributed by atoms with Crippen LogP contribution >= 0.6 is 0 Å². The molecule has 36 heteroatoms. The van der Waals surface area contributed by atoms with Crippen LogP contribution in [0.25, 0.3) is 32.7 Å². The molecule has 762 valence electrons. The number of para-hydroxylation sites is 3. The Hall–Kier alpha value is -16.9. The summed E-state index contributed by atoms with van der Waals surface area (Å²) in [7, 11) is -8.67. The molecule has 0 radical (unpaired) electrons. The van der Waals surface area contributed by atoms with Crippen LogP contribution in [-0.4, -0.2) is 134 Å². The molecule has 3 aliphatic carbocycles. The molecule has 12 N–H and O–H groups in total. The second kappa shape index (κ2) is 46.0. The summed E-state index contributed by atoms with van der Waals surface area (Å²) in [5.41, 5.74) is 14.5. The SMILES string of the molecule is COc1cccc(C(=O)NS(=O)(=O)c2ccccc2C)c1C(C(=O)N(c1ccccc1)c1ccccc1)c1c[nH]c2ccc(NC(=O)OC3CCCC3)cc12.COc1cccc(C(=O)NS(=O)(=O)c2ccccc2C)c1C(C(=O)Nc1ccccc1C)c1c[nH]c2ccc(NC(=O)OC3CCCC3)cc12.COc1cccc(C(=O)NS(=O)(=O)c2ccccc2C)c1C(C(N)=O)c1c[nH]c2ccc(NC(=O)OC3CCCC3)cc12. The lowest BCUT2D eigenvalue weighted by Crippen LogP contribution is -2.35. The molecule has 3 saturated carbocycles. The number of nitrogens with zero attached hydrogens (tertiary/aromatic N) is 1. The highest BCUT2D eigenvalue weighted by atomic mass is 32.2. The molecule has 3 fully saturated rings. The molecule has 148 heavy (non-hydrogen) atoms. The van der Waals surface area contributed by atoms with E-state index in [1.165, 1.54) is 63.8 Å². The van der Waals surface area contributed by atoms with E-state index in [1.54, 1.807) is 220 Å². The maximum Gasteiger partial charge on any atom is 0.411 e. The van der Waals surface area contributed by atoms with Crippen LogP contribution in [0.1, 0.15) is 182 Å². The number of aromatic amines is 3. The topological polar surface area (TPSA) is 472 Å². The van der Waals surface area contributed by atoms with E-state index >= 15 is 4.79 Å². The Balaban J connectivity index is 0.000000160. The summed E-state index contributed by atoms with van der Waals surface area (Å²) in [6.07, 6.45) is 13.9. The normalized spacial score (nSPS) is 13.9. The van der Waals surface area contributed by atoms with E-state index in [0.29, 0.717) is 100 Å². The number of aryl methyl sites for hydroxylation is 4. The van der Waals surface area contributed by atoms with Gasteiger partial charge in [0.2, 0.25) is 17.7 Å². The summed E-state index contributed by atoms with van der Waals surface area (Å²) in [4.78, 5) is 134. The van der Waals surface area contributed by atoms with E-state index in [9.17, 15) is 63.6 Å². The van der Waals surface area contributed by atoms with Gasteiger partial charge in [-0.25, -0.2) is 53.8 Å². The van der Waals surface area contributed by atoms with Crippen LogP contribution in [0.5, 0.6) is 17.2 Å². The number of benzene rings is 12.